The minimum atomic E-state index is -0.0875. The second-order valence-corrected chi connectivity index (χ2v) is 6.00. The summed E-state index contributed by atoms with van der Waals surface area (Å²) in [5.74, 6) is 1.17. The van der Waals surface area contributed by atoms with Crippen molar-refractivity contribution in [1.82, 2.24) is 14.8 Å². The maximum Gasteiger partial charge on any atom is 0.268 e. The lowest BCUT2D eigenvalue weighted by atomic mass is 9.96. The van der Waals surface area contributed by atoms with E-state index in [-0.39, 0.29) is 5.56 Å². The molecule has 0 saturated carbocycles. The molecule has 7 nitrogen and oxygen atoms in total. The van der Waals surface area contributed by atoms with E-state index in [1.54, 1.807) is 37.6 Å². The van der Waals surface area contributed by atoms with E-state index >= 15 is 0 Å². The summed E-state index contributed by atoms with van der Waals surface area (Å²) in [5, 5.41) is 16.5. The molecule has 2 aromatic heterocycles. The van der Waals surface area contributed by atoms with Gasteiger partial charge in [-0.15, -0.1) is 0 Å². The summed E-state index contributed by atoms with van der Waals surface area (Å²) in [7, 11) is 1.65. The van der Waals surface area contributed by atoms with Crippen molar-refractivity contribution in [2.24, 2.45) is 13.0 Å². The third-order valence-electron chi connectivity index (χ3n) is 4.42. The summed E-state index contributed by atoms with van der Waals surface area (Å²) in [4.78, 5) is 18.1. The van der Waals surface area contributed by atoms with Crippen molar-refractivity contribution < 1.29 is 0 Å². The van der Waals surface area contributed by atoms with Crippen LogP contribution in [0.1, 0.15) is 18.4 Å². The number of nitrogens with one attached hydrogen (secondary N) is 1. The van der Waals surface area contributed by atoms with Gasteiger partial charge in [-0.2, -0.15) is 10.4 Å². The first-order chi connectivity index (χ1) is 11.7. The predicted molar refractivity (Wildman–Crippen MR) is 91.9 cm³/mol. The van der Waals surface area contributed by atoms with Crippen molar-refractivity contribution in [3.05, 3.63) is 46.5 Å². The van der Waals surface area contributed by atoms with Crippen LogP contribution >= 0.6 is 0 Å². The SMILES string of the molecule is Cn1ncc(N2CCC(CNc3ncccc3C#N)CC2)cc1=O. The van der Waals surface area contributed by atoms with Gasteiger partial charge in [-0.3, -0.25) is 4.79 Å². The van der Waals surface area contributed by atoms with Crippen molar-refractivity contribution in [3.63, 3.8) is 0 Å². The van der Waals surface area contributed by atoms with Crippen LogP contribution < -0.4 is 15.8 Å². The number of hydrogen-bond acceptors (Lipinski definition) is 6. The molecule has 1 saturated heterocycles. The molecular formula is C17H20N6O. The molecule has 124 valence electrons. The van der Waals surface area contributed by atoms with Gasteiger partial charge in [0.25, 0.3) is 5.56 Å². The molecule has 2 aromatic rings. The van der Waals surface area contributed by atoms with E-state index in [2.05, 4.69) is 26.4 Å². The van der Waals surface area contributed by atoms with Crippen LogP contribution in [0.25, 0.3) is 0 Å². The Kier molecular flexibility index (Phi) is 4.75. The van der Waals surface area contributed by atoms with Crippen LogP contribution in [0.2, 0.25) is 0 Å². The van der Waals surface area contributed by atoms with Crippen molar-refractivity contribution in [1.29, 1.82) is 5.26 Å². The number of rotatable bonds is 4. The molecule has 0 aromatic carbocycles. The minimum Gasteiger partial charge on any atom is -0.370 e. The van der Waals surface area contributed by atoms with Gasteiger partial charge in [0.15, 0.2) is 0 Å². The summed E-state index contributed by atoms with van der Waals surface area (Å²) >= 11 is 0. The third-order valence-corrected chi connectivity index (χ3v) is 4.42. The van der Waals surface area contributed by atoms with Crippen molar-refractivity contribution >= 4 is 11.5 Å². The summed E-state index contributed by atoms with van der Waals surface area (Å²) in [5.41, 5.74) is 1.37. The van der Waals surface area contributed by atoms with Crippen LogP contribution in [0.3, 0.4) is 0 Å². The van der Waals surface area contributed by atoms with Gasteiger partial charge in [0.2, 0.25) is 0 Å². The van der Waals surface area contributed by atoms with E-state index in [4.69, 9.17) is 5.26 Å². The van der Waals surface area contributed by atoms with Gasteiger partial charge >= 0.3 is 0 Å². The Morgan fingerprint density at radius 3 is 2.92 bits per heavy atom. The standard InChI is InChI=1S/C17H20N6O/c1-22-16(24)9-15(12-21-22)23-7-4-13(5-8-23)11-20-17-14(10-18)3-2-6-19-17/h2-3,6,9,12-13H,4-5,7-8,11H2,1H3,(H,19,20). The molecule has 7 heteroatoms. The average Bonchev–Trinajstić information content (AvgIpc) is 2.63. The lowest BCUT2D eigenvalue weighted by Gasteiger charge is -2.33. The van der Waals surface area contributed by atoms with E-state index in [0.29, 0.717) is 17.3 Å². The van der Waals surface area contributed by atoms with Crippen LogP contribution in [0, 0.1) is 17.2 Å². The topological polar surface area (TPSA) is 86.8 Å². The fraction of sp³-hybridized carbons (Fsp3) is 0.412. The first-order valence-electron chi connectivity index (χ1n) is 8.04. The van der Waals surface area contributed by atoms with Gasteiger partial charge in [-0.1, -0.05) is 0 Å². The number of nitriles is 1. The second kappa shape index (κ2) is 7.13. The molecule has 1 aliphatic rings. The molecule has 3 heterocycles. The maximum atomic E-state index is 11.7. The average molecular weight is 324 g/mol. The molecule has 3 rings (SSSR count). The fourth-order valence-electron chi connectivity index (χ4n) is 2.91. The van der Waals surface area contributed by atoms with Gasteiger partial charge in [-0.05, 0) is 30.9 Å². The zero-order valence-corrected chi connectivity index (χ0v) is 13.6. The van der Waals surface area contributed by atoms with Crippen molar-refractivity contribution in [2.75, 3.05) is 29.9 Å². The van der Waals surface area contributed by atoms with E-state index in [1.807, 2.05) is 0 Å². The highest BCUT2D eigenvalue weighted by Gasteiger charge is 2.20. The normalized spacial score (nSPS) is 15.1. The molecule has 0 bridgehead atoms. The lowest BCUT2D eigenvalue weighted by molar-refractivity contribution is 0.422. The molecule has 24 heavy (non-hydrogen) atoms. The molecular weight excluding hydrogens is 304 g/mol. The van der Waals surface area contributed by atoms with Crippen molar-refractivity contribution in [2.45, 2.75) is 12.8 Å². The number of pyridine rings is 1. The Balaban J connectivity index is 1.54. The monoisotopic (exact) mass is 324 g/mol. The highest BCUT2D eigenvalue weighted by atomic mass is 16.1. The fourth-order valence-corrected chi connectivity index (χ4v) is 2.91. The van der Waals surface area contributed by atoms with Crippen LogP contribution in [-0.2, 0) is 7.05 Å². The van der Waals surface area contributed by atoms with Gasteiger partial charge in [0.1, 0.15) is 11.9 Å². The van der Waals surface area contributed by atoms with E-state index in [0.717, 1.165) is 38.2 Å². The summed E-state index contributed by atoms with van der Waals surface area (Å²) in [6.45, 7) is 2.59. The molecule has 0 unspecified atom stereocenters. The Labute approximate surface area is 140 Å². The third kappa shape index (κ3) is 3.54. The Bertz CT molecular complexity index is 801. The summed E-state index contributed by atoms with van der Waals surface area (Å²) < 4.78 is 1.33. The Morgan fingerprint density at radius 1 is 1.42 bits per heavy atom. The Hall–Kier alpha value is -2.88. The van der Waals surface area contributed by atoms with Gasteiger partial charge in [0, 0.05) is 38.9 Å². The summed E-state index contributed by atoms with van der Waals surface area (Å²) in [6.07, 6.45) is 5.48. The highest BCUT2D eigenvalue weighted by Crippen LogP contribution is 2.22. The number of anilines is 2. The largest absolute Gasteiger partial charge is 0.370 e. The zero-order valence-electron chi connectivity index (χ0n) is 13.6. The van der Waals surface area contributed by atoms with Crippen LogP contribution in [-0.4, -0.2) is 34.4 Å². The number of hydrogen-bond donors (Lipinski definition) is 1. The quantitative estimate of drug-likeness (QED) is 0.914. The highest BCUT2D eigenvalue weighted by molar-refractivity contribution is 5.51. The van der Waals surface area contributed by atoms with Gasteiger partial charge in [-0.25, -0.2) is 9.67 Å². The lowest BCUT2D eigenvalue weighted by Crippen LogP contribution is -2.37. The number of aromatic nitrogens is 3. The molecule has 0 aliphatic carbocycles. The smallest absolute Gasteiger partial charge is 0.268 e. The molecule has 0 spiro atoms. The molecule has 0 atom stereocenters. The number of piperidine rings is 1. The molecule has 1 N–H and O–H groups in total. The van der Waals surface area contributed by atoms with E-state index in [9.17, 15) is 4.79 Å². The molecule has 0 amide bonds. The van der Waals surface area contributed by atoms with E-state index in [1.165, 1.54) is 4.68 Å². The van der Waals surface area contributed by atoms with Crippen molar-refractivity contribution in [3.8, 4) is 6.07 Å². The van der Waals surface area contributed by atoms with E-state index < -0.39 is 0 Å². The Morgan fingerprint density at radius 2 is 2.21 bits per heavy atom. The minimum absolute atomic E-state index is 0.0875. The maximum absolute atomic E-state index is 11.7. The van der Waals surface area contributed by atoms with Gasteiger partial charge in [0.05, 0.1) is 17.4 Å². The van der Waals surface area contributed by atoms with Crippen LogP contribution in [0.4, 0.5) is 11.5 Å². The summed E-state index contributed by atoms with van der Waals surface area (Å²) in [6, 6.07) is 7.32. The molecule has 1 aliphatic heterocycles. The zero-order chi connectivity index (χ0) is 16.9. The van der Waals surface area contributed by atoms with Crippen LogP contribution in [0.15, 0.2) is 35.4 Å². The van der Waals surface area contributed by atoms with Gasteiger partial charge < -0.3 is 10.2 Å². The molecule has 0 radical (unpaired) electrons. The van der Waals surface area contributed by atoms with Crippen LogP contribution in [0.5, 0.6) is 0 Å². The number of nitrogens with zero attached hydrogens (tertiary/aromatic N) is 5. The first kappa shape index (κ1) is 16.0. The first-order valence-corrected chi connectivity index (χ1v) is 8.04. The molecule has 1 fully saturated rings. The number of aryl methyl sites for hydroxylation is 1. The predicted octanol–water partition coefficient (Wildman–Crippen LogP) is 1.38. The second-order valence-electron chi connectivity index (χ2n) is 6.00.